The Morgan fingerprint density at radius 1 is 1.47 bits per heavy atom. The Morgan fingerprint density at radius 2 is 2.13 bits per heavy atom. The van der Waals surface area contributed by atoms with Crippen molar-refractivity contribution in [2.45, 2.75) is 26.7 Å². The molecule has 0 spiro atoms. The van der Waals surface area contributed by atoms with Crippen molar-refractivity contribution in [2.24, 2.45) is 0 Å². The van der Waals surface area contributed by atoms with Crippen LogP contribution in [0, 0.1) is 0 Å². The fourth-order valence-electron chi connectivity index (χ4n) is 1.55. The molecule has 0 heterocycles. The Labute approximate surface area is 89.7 Å². The number of ether oxygens (including phenoxy) is 1. The maximum Gasteiger partial charge on any atom is 0.338 e. The molecule has 0 saturated carbocycles. The molecule has 0 bridgehead atoms. The summed E-state index contributed by atoms with van der Waals surface area (Å²) in [7, 11) is 0. The highest BCUT2D eigenvalue weighted by Gasteiger charge is 2.17. The van der Waals surface area contributed by atoms with E-state index in [9.17, 15) is 9.90 Å². The highest BCUT2D eigenvalue weighted by atomic mass is 16.5. The molecule has 0 aromatic heterocycles. The number of rotatable bonds is 3. The van der Waals surface area contributed by atoms with Crippen LogP contribution in [0.15, 0.2) is 18.2 Å². The fourth-order valence-corrected chi connectivity index (χ4v) is 1.55. The van der Waals surface area contributed by atoms with Crippen LogP contribution in [0.5, 0.6) is 5.75 Å². The van der Waals surface area contributed by atoms with Crippen LogP contribution in [-0.4, -0.2) is 17.7 Å². The number of benzene rings is 1. The molecule has 0 aliphatic heterocycles. The van der Waals surface area contributed by atoms with Gasteiger partial charge in [0.25, 0.3) is 0 Å². The van der Waals surface area contributed by atoms with Gasteiger partial charge in [0.15, 0.2) is 0 Å². The van der Waals surface area contributed by atoms with Crippen molar-refractivity contribution in [3.63, 3.8) is 0 Å². The minimum absolute atomic E-state index is 0.0885. The van der Waals surface area contributed by atoms with Crippen LogP contribution < -0.4 is 0 Å². The number of aromatic hydroxyl groups is 1. The zero-order valence-electron chi connectivity index (χ0n) is 9.28. The predicted octanol–water partition coefficient (Wildman–Crippen LogP) is 2.69. The molecule has 0 saturated heterocycles. The summed E-state index contributed by atoms with van der Waals surface area (Å²) in [4.78, 5) is 11.6. The van der Waals surface area contributed by atoms with Crippen molar-refractivity contribution in [1.82, 2.24) is 0 Å². The average molecular weight is 208 g/mol. The van der Waals surface area contributed by atoms with Crippen molar-refractivity contribution in [3.8, 4) is 5.75 Å². The van der Waals surface area contributed by atoms with Crippen molar-refractivity contribution < 1.29 is 14.6 Å². The van der Waals surface area contributed by atoms with Crippen LogP contribution in [-0.2, 0) is 4.74 Å². The number of esters is 1. The number of carbonyl (C=O) groups is 1. The molecule has 0 aliphatic rings. The summed E-state index contributed by atoms with van der Waals surface area (Å²) in [6.07, 6.45) is 0. The fraction of sp³-hybridized carbons (Fsp3) is 0.417. The van der Waals surface area contributed by atoms with E-state index in [-0.39, 0.29) is 17.6 Å². The molecular weight excluding hydrogens is 192 g/mol. The van der Waals surface area contributed by atoms with Gasteiger partial charge < -0.3 is 9.84 Å². The highest BCUT2D eigenvalue weighted by molar-refractivity contribution is 5.92. The molecule has 3 heteroatoms. The van der Waals surface area contributed by atoms with E-state index in [2.05, 4.69) is 0 Å². The Balaban J connectivity index is 3.17. The second-order valence-corrected chi connectivity index (χ2v) is 3.61. The summed E-state index contributed by atoms with van der Waals surface area (Å²) < 4.78 is 4.92. The second-order valence-electron chi connectivity index (χ2n) is 3.61. The van der Waals surface area contributed by atoms with Gasteiger partial charge in [-0.15, -0.1) is 0 Å². The topological polar surface area (TPSA) is 46.5 Å². The van der Waals surface area contributed by atoms with Gasteiger partial charge in [-0.2, -0.15) is 0 Å². The number of phenols is 1. The molecule has 1 rings (SSSR count). The molecule has 1 N–H and O–H groups in total. The first-order valence-electron chi connectivity index (χ1n) is 5.07. The van der Waals surface area contributed by atoms with Gasteiger partial charge in [-0.3, -0.25) is 0 Å². The van der Waals surface area contributed by atoms with Crippen LogP contribution in [0.25, 0.3) is 0 Å². The van der Waals surface area contributed by atoms with Crippen molar-refractivity contribution in [1.29, 1.82) is 0 Å². The van der Waals surface area contributed by atoms with E-state index >= 15 is 0 Å². The average Bonchev–Trinajstić information content (AvgIpc) is 2.17. The number of hydrogen-bond acceptors (Lipinski definition) is 3. The smallest absolute Gasteiger partial charge is 0.338 e. The molecule has 0 atom stereocenters. The Hall–Kier alpha value is -1.51. The standard InChI is InChI=1S/C12H16O3/c1-4-15-12(14)9-6-5-7-10(13)11(9)8(2)3/h5-8,13H,4H2,1-3H3. The van der Waals surface area contributed by atoms with Crippen molar-refractivity contribution >= 4 is 5.97 Å². The van der Waals surface area contributed by atoms with Gasteiger partial charge in [0, 0.05) is 5.56 Å². The van der Waals surface area contributed by atoms with Gasteiger partial charge in [0.2, 0.25) is 0 Å². The van der Waals surface area contributed by atoms with E-state index < -0.39 is 0 Å². The zero-order valence-corrected chi connectivity index (χ0v) is 9.28. The first-order chi connectivity index (χ1) is 7.07. The summed E-state index contributed by atoms with van der Waals surface area (Å²) in [5, 5.41) is 9.67. The lowest BCUT2D eigenvalue weighted by molar-refractivity contribution is 0.0524. The van der Waals surface area contributed by atoms with E-state index in [1.807, 2.05) is 13.8 Å². The van der Waals surface area contributed by atoms with Gasteiger partial charge in [0.05, 0.1) is 12.2 Å². The minimum atomic E-state index is -0.378. The molecule has 1 aromatic rings. The van der Waals surface area contributed by atoms with E-state index in [1.54, 1.807) is 25.1 Å². The molecule has 82 valence electrons. The van der Waals surface area contributed by atoms with Crippen LogP contribution in [0.4, 0.5) is 0 Å². The second kappa shape index (κ2) is 4.82. The van der Waals surface area contributed by atoms with E-state index in [0.29, 0.717) is 17.7 Å². The van der Waals surface area contributed by atoms with Gasteiger partial charge in [-0.1, -0.05) is 19.9 Å². The predicted molar refractivity (Wildman–Crippen MR) is 58.2 cm³/mol. The van der Waals surface area contributed by atoms with E-state index in [0.717, 1.165) is 0 Å². The van der Waals surface area contributed by atoms with Crippen molar-refractivity contribution in [2.75, 3.05) is 6.61 Å². The first-order valence-corrected chi connectivity index (χ1v) is 5.07. The Kier molecular flexibility index (Phi) is 3.72. The number of hydrogen-bond donors (Lipinski definition) is 1. The third-order valence-corrected chi connectivity index (χ3v) is 2.16. The van der Waals surface area contributed by atoms with Crippen LogP contribution in [0.1, 0.15) is 42.6 Å². The maximum atomic E-state index is 11.6. The summed E-state index contributed by atoms with van der Waals surface area (Å²) in [5.41, 5.74) is 1.10. The summed E-state index contributed by atoms with van der Waals surface area (Å²) >= 11 is 0. The molecule has 0 aliphatic carbocycles. The van der Waals surface area contributed by atoms with E-state index in [1.165, 1.54) is 0 Å². The highest BCUT2D eigenvalue weighted by Crippen LogP contribution is 2.29. The van der Waals surface area contributed by atoms with Gasteiger partial charge in [0.1, 0.15) is 5.75 Å². The summed E-state index contributed by atoms with van der Waals surface area (Å²) in [6, 6.07) is 4.90. The lowest BCUT2D eigenvalue weighted by Crippen LogP contribution is -2.09. The zero-order chi connectivity index (χ0) is 11.4. The number of phenolic OH excluding ortho intramolecular Hbond substituents is 1. The monoisotopic (exact) mass is 208 g/mol. The largest absolute Gasteiger partial charge is 0.508 e. The first kappa shape index (κ1) is 11.6. The quantitative estimate of drug-likeness (QED) is 0.777. The minimum Gasteiger partial charge on any atom is -0.508 e. The Morgan fingerprint density at radius 3 is 2.67 bits per heavy atom. The molecule has 0 radical (unpaired) electrons. The van der Waals surface area contributed by atoms with Gasteiger partial charge >= 0.3 is 5.97 Å². The Bertz CT molecular complexity index is 356. The third kappa shape index (κ3) is 2.49. The maximum absolute atomic E-state index is 11.6. The van der Waals surface area contributed by atoms with Crippen LogP contribution >= 0.6 is 0 Å². The summed E-state index contributed by atoms with van der Waals surface area (Å²) in [6.45, 7) is 5.96. The SMILES string of the molecule is CCOC(=O)c1cccc(O)c1C(C)C. The molecule has 3 nitrogen and oxygen atoms in total. The number of carbonyl (C=O) groups excluding carboxylic acids is 1. The molecule has 0 unspecified atom stereocenters. The third-order valence-electron chi connectivity index (χ3n) is 2.16. The summed E-state index contributed by atoms with van der Waals surface area (Å²) in [5.74, 6) is -0.141. The normalized spacial score (nSPS) is 10.4. The lowest BCUT2D eigenvalue weighted by Gasteiger charge is -2.13. The molecule has 1 aromatic carbocycles. The van der Waals surface area contributed by atoms with Crippen LogP contribution in [0.2, 0.25) is 0 Å². The molecular formula is C12H16O3. The lowest BCUT2D eigenvalue weighted by atomic mass is 9.96. The van der Waals surface area contributed by atoms with Crippen LogP contribution in [0.3, 0.4) is 0 Å². The van der Waals surface area contributed by atoms with E-state index in [4.69, 9.17) is 4.74 Å². The molecule has 15 heavy (non-hydrogen) atoms. The van der Waals surface area contributed by atoms with Crippen molar-refractivity contribution in [3.05, 3.63) is 29.3 Å². The molecule has 0 amide bonds. The molecule has 0 fully saturated rings. The van der Waals surface area contributed by atoms with Gasteiger partial charge in [-0.25, -0.2) is 4.79 Å². The van der Waals surface area contributed by atoms with Gasteiger partial charge in [-0.05, 0) is 25.0 Å².